The summed E-state index contributed by atoms with van der Waals surface area (Å²) in [5.74, 6) is 0. The second-order valence-corrected chi connectivity index (χ2v) is 6.51. The standard InChI is InChI=1S/C20H23ClN2.2ClH/c1-2-12-23-14-13-22(15-17-6-4-3-5-7-17)16-20(23)18-8-10-19(21)11-9-18;;/h2-11,20H,1,12-16H2;2*1H/t20-;;/m0../s1. The van der Waals surface area contributed by atoms with Gasteiger partial charge in [0.2, 0.25) is 0 Å². The second-order valence-electron chi connectivity index (χ2n) is 6.07. The van der Waals surface area contributed by atoms with Crippen LogP contribution in [0.15, 0.2) is 67.3 Å². The molecule has 1 fully saturated rings. The van der Waals surface area contributed by atoms with Gasteiger partial charge in [-0.1, -0.05) is 60.1 Å². The summed E-state index contributed by atoms with van der Waals surface area (Å²) in [6.07, 6.45) is 2.00. The normalized spacial score (nSPS) is 18.0. The van der Waals surface area contributed by atoms with Crippen molar-refractivity contribution in [3.8, 4) is 0 Å². The third kappa shape index (κ3) is 6.02. The molecule has 2 nitrogen and oxygen atoms in total. The van der Waals surface area contributed by atoms with E-state index in [0.29, 0.717) is 6.04 Å². The molecular formula is C20H25Cl3N2. The first-order chi connectivity index (χ1) is 11.3. The molecule has 1 aliphatic rings. The van der Waals surface area contributed by atoms with Crippen LogP contribution >= 0.6 is 36.4 Å². The molecule has 1 heterocycles. The first kappa shape index (κ1) is 22.0. The number of benzene rings is 2. The quantitative estimate of drug-likeness (QED) is 0.635. The summed E-state index contributed by atoms with van der Waals surface area (Å²) >= 11 is 6.04. The van der Waals surface area contributed by atoms with Crippen LogP contribution < -0.4 is 0 Å². The molecule has 136 valence electrons. The summed E-state index contributed by atoms with van der Waals surface area (Å²) in [6, 6.07) is 19.4. The van der Waals surface area contributed by atoms with E-state index in [-0.39, 0.29) is 24.8 Å². The maximum atomic E-state index is 6.04. The van der Waals surface area contributed by atoms with E-state index in [9.17, 15) is 0 Å². The van der Waals surface area contributed by atoms with Gasteiger partial charge in [-0.05, 0) is 23.3 Å². The number of halogens is 3. The molecular weight excluding hydrogens is 375 g/mol. The Hall–Kier alpha value is -1.03. The van der Waals surface area contributed by atoms with E-state index < -0.39 is 0 Å². The maximum Gasteiger partial charge on any atom is 0.0479 e. The van der Waals surface area contributed by atoms with Crippen molar-refractivity contribution in [3.05, 3.63) is 83.4 Å². The fraction of sp³-hybridized carbons (Fsp3) is 0.300. The predicted molar refractivity (Wildman–Crippen MR) is 112 cm³/mol. The van der Waals surface area contributed by atoms with E-state index in [1.165, 1.54) is 11.1 Å². The monoisotopic (exact) mass is 398 g/mol. The zero-order valence-corrected chi connectivity index (χ0v) is 16.6. The molecule has 0 amide bonds. The summed E-state index contributed by atoms with van der Waals surface area (Å²) in [7, 11) is 0. The molecule has 0 aromatic heterocycles. The van der Waals surface area contributed by atoms with Gasteiger partial charge >= 0.3 is 0 Å². The minimum atomic E-state index is 0. The first-order valence-corrected chi connectivity index (χ1v) is 8.51. The fourth-order valence-corrected chi connectivity index (χ4v) is 3.37. The molecule has 0 aliphatic carbocycles. The van der Waals surface area contributed by atoms with Crippen LogP contribution in [0.25, 0.3) is 0 Å². The van der Waals surface area contributed by atoms with Gasteiger partial charge in [0.1, 0.15) is 0 Å². The molecule has 1 atom stereocenters. The highest BCUT2D eigenvalue weighted by Crippen LogP contribution is 2.27. The van der Waals surface area contributed by atoms with Crippen molar-refractivity contribution in [1.29, 1.82) is 0 Å². The highest BCUT2D eigenvalue weighted by molar-refractivity contribution is 6.30. The molecule has 2 aromatic rings. The van der Waals surface area contributed by atoms with Crippen molar-refractivity contribution in [2.45, 2.75) is 12.6 Å². The minimum Gasteiger partial charge on any atom is -0.296 e. The molecule has 0 saturated carbocycles. The van der Waals surface area contributed by atoms with Crippen LogP contribution in [0.2, 0.25) is 5.02 Å². The predicted octanol–water partition coefficient (Wildman–Crippen LogP) is 5.23. The van der Waals surface area contributed by atoms with Crippen LogP contribution in [0, 0.1) is 0 Å². The van der Waals surface area contributed by atoms with Crippen LogP contribution in [0.1, 0.15) is 17.2 Å². The SMILES string of the molecule is C=CCN1CCN(Cc2ccccc2)C[C@H]1c1ccc(Cl)cc1.Cl.Cl. The molecule has 0 bridgehead atoms. The molecule has 2 aromatic carbocycles. The molecule has 25 heavy (non-hydrogen) atoms. The van der Waals surface area contributed by atoms with E-state index >= 15 is 0 Å². The van der Waals surface area contributed by atoms with E-state index in [2.05, 4.69) is 58.8 Å². The van der Waals surface area contributed by atoms with Gasteiger partial charge in [0.15, 0.2) is 0 Å². The molecule has 0 unspecified atom stereocenters. The van der Waals surface area contributed by atoms with Gasteiger partial charge in [-0.3, -0.25) is 9.80 Å². The van der Waals surface area contributed by atoms with Gasteiger partial charge in [-0.15, -0.1) is 31.4 Å². The Morgan fingerprint density at radius 2 is 1.68 bits per heavy atom. The number of nitrogens with zero attached hydrogens (tertiary/aromatic N) is 2. The number of rotatable bonds is 5. The van der Waals surface area contributed by atoms with E-state index in [1.54, 1.807) is 0 Å². The average molecular weight is 400 g/mol. The van der Waals surface area contributed by atoms with Crippen molar-refractivity contribution in [3.63, 3.8) is 0 Å². The first-order valence-electron chi connectivity index (χ1n) is 8.13. The third-order valence-electron chi connectivity index (χ3n) is 4.44. The topological polar surface area (TPSA) is 6.48 Å². The summed E-state index contributed by atoms with van der Waals surface area (Å²) in [5, 5.41) is 0.793. The Kier molecular flexibility index (Phi) is 9.55. The zero-order chi connectivity index (χ0) is 16.1. The number of hydrogen-bond donors (Lipinski definition) is 0. The zero-order valence-electron chi connectivity index (χ0n) is 14.2. The van der Waals surface area contributed by atoms with Crippen molar-refractivity contribution in [2.75, 3.05) is 26.2 Å². The Bertz CT molecular complexity index is 631. The largest absolute Gasteiger partial charge is 0.296 e. The van der Waals surface area contributed by atoms with Crippen molar-refractivity contribution < 1.29 is 0 Å². The maximum absolute atomic E-state index is 6.04. The smallest absolute Gasteiger partial charge is 0.0479 e. The molecule has 0 spiro atoms. The lowest BCUT2D eigenvalue weighted by molar-refractivity contribution is 0.0789. The lowest BCUT2D eigenvalue weighted by Crippen LogP contribution is -2.47. The highest BCUT2D eigenvalue weighted by Gasteiger charge is 2.27. The van der Waals surface area contributed by atoms with Gasteiger partial charge < -0.3 is 0 Å². The summed E-state index contributed by atoms with van der Waals surface area (Å²) in [5.41, 5.74) is 2.70. The lowest BCUT2D eigenvalue weighted by atomic mass is 10.0. The van der Waals surface area contributed by atoms with Crippen molar-refractivity contribution in [2.24, 2.45) is 0 Å². The summed E-state index contributed by atoms with van der Waals surface area (Å²) in [6.45, 7) is 9.02. The average Bonchev–Trinajstić information content (AvgIpc) is 2.58. The van der Waals surface area contributed by atoms with Crippen LogP contribution in [0.3, 0.4) is 0 Å². The number of piperazine rings is 1. The molecule has 1 saturated heterocycles. The van der Waals surface area contributed by atoms with Crippen LogP contribution in [0.5, 0.6) is 0 Å². The second kappa shape index (κ2) is 10.8. The summed E-state index contributed by atoms with van der Waals surface area (Å²) in [4.78, 5) is 5.03. The van der Waals surface area contributed by atoms with Crippen LogP contribution in [-0.4, -0.2) is 36.0 Å². The van der Waals surface area contributed by atoms with E-state index in [4.69, 9.17) is 11.6 Å². The molecule has 1 aliphatic heterocycles. The number of hydrogen-bond acceptors (Lipinski definition) is 2. The molecule has 0 radical (unpaired) electrons. The Morgan fingerprint density at radius 1 is 1.00 bits per heavy atom. The molecule has 3 rings (SSSR count). The van der Waals surface area contributed by atoms with Crippen LogP contribution in [0.4, 0.5) is 0 Å². The summed E-state index contributed by atoms with van der Waals surface area (Å²) < 4.78 is 0. The van der Waals surface area contributed by atoms with Crippen molar-refractivity contribution in [1.82, 2.24) is 9.80 Å². The van der Waals surface area contributed by atoms with Gasteiger partial charge in [0, 0.05) is 43.8 Å². The lowest BCUT2D eigenvalue weighted by Gasteiger charge is -2.41. The third-order valence-corrected chi connectivity index (χ3v) is 4.69. The van der Waals surface area contributed by atoms with Crippen molar-refractivity contribution >= 4 is 36.4 Å². The van der Waals surface area contributed by atoms with Gasteiger partial charge in [0.05, 0.1) is 0 Å². The van der Waals surface area contributed by atoms with Crippen LogP contribution in [-0.2, 0) is 6.54 Å². The van der Waals surface area contributed by atoms with E-state index in [1.807, 2.05) is 18.2 Å². The Morgan fingerprint density at radius 3 is 2.32 bits per heavy atom. The fourth-order valence-electron chi connectivity index (χ4n) is 3.25. The molecule has 0 N–H and O–H groups in total. The van der Waals surface area contributed by atoms with Gasteiger partial charge in [-0.2, -0.15) is 0 Å². The van der Waals surface area contributed by atoms with Gasteiger partial charge in [0.25, 0.3) is 0 Å². The molecule has 5 heteroatoms. The Labute approximate surface area is 168 Å². The van der Waals surface area contributed by atoms with E-state index in [0.717, 1.165) is 37.7 Å². The highest BCUT2D eigenvalue weighted by atomic mass is 35.5. The minimum absolute atomic E-state index is 0. The Balaban J connectivity index is 0.00000156. The van der Waals surface area contributed by atoms with Gasteiger partial charge in [-0.25, -0.2) is 0 Å².